The highest BCUT2D eigenvalue weighted by Crippen LogP contribution is 2.35. The molecule has 170 valence electrons. The third-order valence-corrected chi connectivity index (χ3v) is 6.66. The van der Waals surface area contributed by atoms with Crippen LogP contribution in [0.3, 0.4) is 0 Å². The molecule has 2 unspecified atom stereocenters. The van der Waals surface area contributed by atoms with Crippen LogP contribution in [0, 0.1) is 23.5 Å². The van der Waals surface area contributed by atoms with Gasteiger partial charge in [0.05, 0.1) is 6.61 Å². The summed E-state index contributed by atoms with van der Waals surface area (Å²) in [6, 6.07) is 3.22. The van der Waals surface area contributed by atoms with Crippen molar-refractivity contribution in [3.8, 4) is 5.75 Å². The standard InChI is InChI=1S/C28H38F2O/c1-3-7-21-10-12-22(13-11-21)8-5-6-9-23-14-16-24(17-15-23)25-18-19-26(31-20-4-2)28(30)27(25)29/h6,9,12,16,18-19,21,23H,3-5,7-8,10-11,13-15,17,20H2,1-2H3/b9-6+. The van der Waals surface area contributed by atoms with Gasteiger partial charge in [-0.1, -0.05) is 56.6 Å². The van der Waals surface area contributed by atoms with E-state index in [1.54, 1.807) is 17.7 Å². The van der Waals surface area contributed by atoms with Gasteiger partial charge < -0.3 is 4.74 Å². The molecule has 1 nitrogen and oxygen atoms in total. The van der Waals surface area contributed by atoms with Crippen LogP contribution >= 0.6 is 0 Å². The fraction of sp³-hybridized carbons (Fsp3) is 0.571. The maximum Gasteiger partial charge on any atom is 0.201 e. The van der Waals surface area contributed by atoms with Crippen LogP contribution in [0.25, 0.3) is 5.57 Å². The molecule has 0 radical (unpaired) electrons. The molecule has 0 saturated carbocycles. The summed E-state index contributed by atoms with van der Waals surface area (Å²) >= 11 is 0. The van der Waals surface area contributed by atoms with E-state index < -0.39 is 11.6 Å². The number of rotatable bonds is 10. The molecule has 0 amide bonds. The van der Waals surface area contributed by atoms with E-state index in [-0.39, 0.29) is 5.75 Å². The van der Waals surface area contributed by atoms with Crippen molar-refractivity contribution >= 4 is 5.57 Å². The van der Waals surface area contributed by atoms with Gasteiger partial charge in [-0.2, -0.15) is 4.39 Å². The molecule has 31 heavy (non-hydrogen) atoms. The van der Waals surface area contributed by atoms with Gasteiger partial charge in [-0.3, -0.25) is 0 Å². The van der Waals surface area contributed by atoms with Crippen molar-refractivity contribution in [1.29, 1.82) is 0 Å². The Bertz CT molecular complexity index is 805. The number of ether oxygens (including phenoxy) is 1. The summed E-state index contributed by atoms with van der Waals surface area (Å²) in [6.45, 7) is 4.61. The van der Waals surface area contributed by atoms with E-state index in [1.807, 2.05) is 6.92 Å². The zero-order valence-electron chi connectivity index (χ0n) is 19.3. The largest absolute Gasteiger partial charge is 0.490 e. The highest BCUT2D eigenvalue weighted by atomic mass is 19.2. The molecule has 1 aromatic carbocycles. The van der Waals surface area contributed by atoms with Crippen LogP contribution in [0.1, 0.15) is 90.0 Å². The predicted molar refractivity (Wildman–Crippen MR) is 126 cm³/mol. The Balaban J connectivity index is 1.47. The molecule has 0 aromatic heterocycles. The van der Waals surface area contributed by atoms with Gasteiger partial charge in [0.2, 0.25) is 5.82 Å². The molecule has 0 aliphatic heterocycles. The van der Waals surface area contributed by atoms with Crippen molar-refractivity contribution in [3.05, 3.63) is 59.2 Å². The Kier molecular flexibility index (Phi) is 9.36. The average Bonchev–Trinajstić information content (AvgIpc) is 2.79. The van der Waals surface area contributed by atoms with Crippen LogP contribution in [0.5, 0.6) is 5.75 Å². The third kappa shape index (κ3) is 6.79. The van der Waals surface area contributed by atoms with Crippen LogP contribution in [0.2, 0.25) is 0 Å². The minimum absolute atomic E-state index is 0.00860. The van der Waals surface area contributed by atoms with Gasteiger partial charge in [-0.15, -0.1) is 0 Å². The summed E-state index contributed by atoms with van der Waals surface area (Å²) in [5, 5.41) is 0. The van der Waals surface area contributed by atoms with Crippen LogP contribution < -0.4 is 4.74 Å². The van der Waals surface area contributed by atoms with E-state index in [0.717, 1.165) is 43.6 Å². The normalized spacial score (nSPS) is 21.8. The van der Waals surface area contributed by atoms with Crippen LogP contribution in [0.15, 0.2) is 42.0 Å². The van der Waals surface area contributed by atoms with Crippen LogP contribution in [-0.2, 0) is 0 Å². The van der Waals surface area contributed by atoms with Gasteiger partial charge in [0.25, 0.3) is 0 Å². The predicted octanol–water partition coefficient (Wildman–Crippen LogP) is 8.80. The Morgan fingerprint density at radius 2 is 1.87 bits per heavy atom. The zero-order chi connectivity index (χ0) is 22.1. The molecule has 3 rings (SSSR count). The first-order chi connectivity index (χ1) is 15.1. The lowest BCUT2D eigenvalue weighted by molar-refractivity contribution is 0.295. The smallest absolute Gasteiger partial charge is 0.201 e. The summed E-state index contributed by atoms with van der Waals surface area (Å²) in [4.78, 5) is 0. The maximum atomic E-state index is 14.5. The van der Waals surface area contributed by atoms with Crippen LogP contribution in [-0.4, -0.2) is 6.61 Å². The van der Waals surface area contributed by atoms with E-state index in [1.165, 1.54) is 38.5 Å². The van der Waals surface area contributed by atoms with Crippen molar-refractivity contribution < 1.29 is 13.5 Å². The quantitative estimate of drug-likeness (QED) is 0.338. The number of allylic oxidation sites excluding steroid dienone is 6. The second-order valence-electron chi connectivity index (χ2n) is 9.11. The highest BCUT2D eigenvalue weighted by molar-refractivity contribution is 5.67. The van der Waals surface area contributed by atoms with Gasteiger partial charge in [-0.05, 0) is 87.3 Å². The van der Waals surface area contributed by atoms with Crippen molar-refractivity contribution in [2.75, 3.05) is 6.61 Å². The summed E-state index contributed by atoms with van der Waals surface area (Å²) in [6.07, 6.45) is 21.5. The molecule has 1 aromatic rings. The minimum Gasteiger partial charge on any atom is -0.490 e. The second kappa shape index (κ2) is 12.2. The first-order valence-electron chi connectivity index (χ1n) is 12.3. The van der Waals surface area contributed by atoms with Crippen molar-refractivity contribution in [3.63, 3.8) is 0 Å². The van der Waals surface area contributed by atoms with E-state index in [9.17, 15) is 8.78 Å². The highest BCUT2D eigenvalue weighted by Gasteiger charge is 2.20. The van der Waals surface area contributed by atoms with E-state index in [0.29, 0.717) is 18.1 Å². The van der Waals surface area contributed by atoms with Gasteiger partial charge >= 0.3 is 0 Å². The van der Waals surface area contributed by atoms with Crippen molar-refractivity contribution in [1.82, 2.24) is 0 Å². The summed E-state index contributed by atoms with van der Waals surface area (Å²) < 4.78 is 34.1. The maximum absolute atomic E-state index is 14.5. The first kappa shape index (κ1) is 23.8. The molecular formula is C28H38F2O. The Hall–Kier alpha value is -1.90. The fourth-order valence-corrected chi connectivity index (χ4v) is 4.77. The van der Waals surface area contributed by atoms with Crippen molar-refractivity contribution in [2.24, 2.45) is 11.8 Å². The number of benzene rings is 1. The van der Waals surface area contributed by atoms with Gasteiger partial charge in [0.1, 0.15) is 0 Å². The lowest BCUT2D eigenvalue weighted by atomic mass is 9.84. The van der Waals surface area contributed by atoms with Crippen molar-refractivity contribution in [2.45, 2.75) is 84.5 Å². The molecule has 2 aliphatic carbocycles. The monoisotopic (exact) mass is 428 g/mol. The number of hydrogen-bond donors (Lipinski definition) is 0. The van der Waals surface area contributed by atoms with Gasteiger partial charge in [0, 0.05) is 5.56 Å². The van der Waals surface area contributed by atoms with E-state index in [4.69, 9.17) is 4.74 Å². The summed E-state index contributed by atoms with van der Waals surface area (Å²) in [5.41, 5.74) is 2.93. The Morgan fingerprint density at radius 3 is 2.55 bits per heavy atom. The SMILES string of the molecule is CCCOc1ccc(C2=CCC(/C=C/CCC3=CCC(CCC)CC3)CC2)c(F)c1F. The first-order valence-corrected chi connectivity index (χ1v) is 12.3. The lowest BCUT2D eigenvalue weighted by Gasteiger charge is -2.21. The lowest BCUT2D eigenvalue weighted by Crippen LogP contribution is -2.06. The van der Waals surface area contributed by atoms with Crippen LogP contribution in [0.4, 0.5) is 8.78 Å². The zero-order valence-corrected chi connectivity index (χ0v) is 19.3. The Morgan fingerprint density at radius 1 is 1.00 bits per heavy atom. The summed E-state index contributed by atoms with van der Waals surface area (Å²) in [7, 11) is 0. The van der Waals surface area contributed by atoms with Gasteiger partial charge in [-0.25, -0.2) is 4.39 Å². The molecular weight excluding hydrogens is 390 g/mol. The second-order valence-corrected chi connectivity index (χ2v) is 9.11. The number of hydrogen-bond acceptors (Lipinski definition) is 1. The summed E-state index contributed by atoms with van der Waals surface area (Å²) in [5.74, 6) is -0.235. The molecule has 0 N–H and O–H groups in total. The average molecular weight is 429 g/mol. The third-order valence-electron chi connectivity index (χ3n) is 6.66. The molecule has 0 bridgehead atoms. The van der Waals surface area contributed by atoms with E-state index >= 15 is 0 Å². The Labute approximate surface area is 187 Å². The molecule has 0 spiro atoms. The molecule has 3 heteroatoms. The molecule has 0 fully saturated rings. The minimum atomic E-state index is -0.869. The van der Waals surface area contributed by atoms with Gasteiger partial charge in [0.15, 0.2) is 11.6 Å². The number of halogens is 2. The fourth-order valence-electron chi connectivity index (χ4n) is 4.77. The molecule has 2 aliphatic rings. The van der Waals surface area contributed by atoms with E-state index in [2.05, 4.69) is 31.2 Å². The molecule has 0 saturated heterocycles. The topological polar surface area (TPSA) is 9.23 Å². The molecule has 0 heterocycles. The molecule has 2 atom stereocenters.